The van der Waals surface area contributed by atoms with Gasteiger partial charge < -0.3 is 24.6 Å². The van der Waals surface area contributed by atoms with E-state index in [1.54, 1.807) is 0 Å². The van der Waals surface area contributed by atoms with Gasteiger partial charge in [-0.1, -0.05) is 0 Å². The van der Waals surface area contributed by atoms with Crippen LogP contribution in [0.25, 0.3) is 24.6 Å². The molecule has 0 amide bonds. The maximum Gasteiger partial charge on any atom is 4.00 e. The van der Waals surface area contributed by atoms with Gasteiger partial charge in [0.2, 0.25) is 0 Å². The molecule has 0 aliphatic rings. The second-order valence-corrected chi connectivity index (χ2v) is 0. The van der Waals surface area contributed by atoms with Gasteiger partial charge in [0, 0.05) is 0 Å². The van der Waals surface area contributed by atoms with Crippen LogP contribution >= 0.6 is 0 Å². The summed E-state index contributed by atoms with van der Waals surface area (Å²) in [6.07, 6.45) is 0. The quantitative estimate of drug-likeness (QED) is 0.628. The standard InChI is InChI=1S/4H2N.Os/h4*1H2;/q4*-1;+4. The van der Waals surface area contributed by atoms with Gasteiger partial charge in [0.1, 0.15) is 0 Å². The second-order valence-electron chi connectivity index (χ2n) is 0. The van der Waals surface area contributed by atoms with Crippen LogP contribution in [0, 0.1) is 0 Å². The molecule has 0 unspecified atom stereocenters. The van der Waals surface area contributed by atoms with Crippen LogP contribution in [-0.2, 0) is 19.8 Å². The molecule has 5 heavy (non-hydrogen) atoms. The summed E-state index contributed by atoms with van der Waals surface area (Å²) in [7, 11) is 0. The summed E-state index contributed by atoms with van der Waals surface area (Å²) < 4.78 is 0. The smallest absolute Gasteiger partial charge is 0.693 e. The van der Waals surface area contributed by atoms with Crippen molar-refractivity contribution in [3.05, 3.63) is 24.6 Å². The molecule has 5 heteroatoms. The SMILES string of the molecule is [NH2-].[NH2-].[NH2-].[NH2-].[Os+4]. The Morgan fingerprint density at radius 2 is 0.400 bits per heavy atom. The fraction of sp³-hybridized carbons (Fsp3) is 0. The molecule has 36 valence electrons. The van der Waals surface area contributed by atoms with E-state index in [4.69, 9.17) is 0 Å². The molecule has 0 heterocycles. The Hall–Kier alpha value is 0.476. The molecule has 0 radical (unpaired) electrons. The van der Waals surface area contributed by atoms with Crippen molar-refractivity contribution in [2.24, 2.45) is 0 Å². The third-order valence-electron chi connectivity index (χ3n) is 0. The fourth-order valence-corrected chi connectivity index (χ4v) is 0. The Kier molecular flexibility index (Phi) is 23100. The van der Waals surface area contributed by atoms with Crippen molar-refractivity contribution in [1.29, 1.82) is 0 Å². The molecule has 0 aromatic carbocycles. The monoisotopic (exact) mass is 256 g/mol. The van der Waals surface area contributed by atoms with Crippen molar-refractivity contribution in [3.63, 3.8) is 0 Å². The number of nitrogens with two attached hydrogens (primary N) is 4. The summed E-state index contributed by atoms with van der Waals surface area (Å²) in [4.78, 5) is 0. The van der Waals surface area contributed by atoms with Gasteiger partial charge >= 0.3 is 19.8 Å². The first-order valence-electron chi connectivity index (χ1n) is 0. The van der Waals surface area contributed by atoms with E-state index in [0.29, 0.717) is 0 Å². The summed E-state index contributed by atoms with van der Waals surface area (Å²) in [6.45, 7) is 0. The zero-order valence-corrected chi connectivity index (χ0v) is 5.20. The van der Waals surface area contributed by atoms with Crippen LogP contribution in [0.3, 0.4) is 0 Å². The largest absolute Gasteiger partial charge is 4.00 e. The Labute approximate surface area is 45.1 Å². The Balaban J connectivity index is 0. The minimum absolute atomic E-state index is 0. The third kappa shape index (κ3) is 121. The van der Waals surface area contributed by atoms with Crippen LogP contribution in [0.5, 0.6) is 0 Å². The van der Waals surface area contributed by atoms with E-state index in [0.717, 1.165) is 0 Å². The maximum atomic E-state index is 0. The minimum Gasteiger partial charge on any atom is -0.693 e. The maximum absolute atomic E-state index is 0. The van der Waals surface area contributed by atoms with E-state index < -0.39 is 0 Å². The van der Waals surface area contributed by atoms with E-state index in [1.807, 2.05) is 0 Å². The van der Waals surface area contributed by atoms with Gasteiger partial charge in [-0.25, -0.2) is 0 Å². The Bertz CT molecular complexity index is 3.61. The first-order chi connectivity index (χ1) is 0. The topological polar surface area (TPSA) is 134 Å². The average Bonchev–Trinajstić information content (AvgIpc) is 0. The van der Waals surface area contributed by atoms with Gasteiger partial charge in [-0.15, -0.1) is 0 Å². The molecule has 0 atom stereocenters. The van der Waals surface area contributed by atoms with Crippen LogP contribution < -0.4 is 0 Å². The van der Waals surface area contributed by atoms with Crippen molar-refractivity contribution in [2.75, 3.05) is 0 Å². The van der Waals surface area contributed by atoms with E-state index in [2.05, 4.69) is 0 Å². The molecule has 0 aromatic heterocycles. The summed E-state index contributed by atoms with van der Waals surface area (Å²) in [5.74, 6) is 0. The van der Waals surface area contributed by atoms with Crippen LogP contribution in [0.15, 0.2) is 0 Å². The molecule has 0 saturated heterocycles. The molecule has 0 saturated carbocycles. The van der Waals surface area contributed by atoms with Crippen molar-refractivity contribution in [2.45, 2.75) is 0 Å². The average molecular weight is 254 g/mol. The van der Waals surface area contributed by atoms with Gasteiger partial charge in [0.25, 0.3) is 0 Å². The third-order valence-corrected chi connectivity index (χ3v) is 0. The molecule has 8 N–H and O–H groups in total. The fourth-order valence-electron chi connectivity index (χ4n) is 0. The normalized spacial score (nSPS) is 0. The number of hydrogen-bond donors (Lipinski definition) is 0. The van der Waals surface area contributed by atoms with Gasteiger partial charge in [-0.05, 0) is 0 Å². The van der Waals surface area contributed by atoms with Gasteiger partial charge in [0.15, 0.2) is 0 Å². The molecule has 0 bridgehead atoms. The molecule has 0 aliphatic carbocycles. The molecule has 0 rings (SSSR count). The van der Waals surface area contributed by atoms with Crippen molar-refractivity contribution < 1.29 is 19.8 Å². The zero-order valence-electron chi connectivity index (χ0n) is 2.66. The molecular formula is H8N4Os. The molecule has 0 aromatic rings. The van der Waals surface area contributed by atoms with E-state index in [9.17, 15) is 0 Å². The summed E-state index contributed by atoms with van der Waals surface area (Å²) >= 11 is 0. The van der Waals surface area contributed by atoms with Gasteiger partial charge in [-0.3, -0.25) is 0 Å². The second kappa shape index (κ2) is 238. The van der Waals surface area contributed by atoms with Crippen LogP contribution in [0.2, 0.25) is 0 Å². The molecular weight excluding hydrogens is 246 g/mol. The van der Waals surface area contributed by atoms with Crippen molar-refractivity contribution in [3.8, 4) is 0 Å². The Morgan fingerprint density at radius 1 is 0.400 bits per heavy atom. The Morgan fingerprint density at radius 3 is 0.400 bits per heavy atom. The van der Waals surface area contributed by atoms with Gasteiger partial charge in [-0.2, -0.15) is 0 Å². The summed E-state index contributed by atoms with van der Waals surface area (Å²) in [6, 6.07) is 0. The van der Waals surface area contributed by atoms with Crippen LogP contribution in [-0.4, -0.2) is 0 Å². The first-order valence-corrected chi connectivity index (χ1v) is 0. The zero-order chi connectivity index (χ0) is 0. The minimum atomic E-state index is 0. The van der Waals surface area contributed by atoms with Gasteiger partial charge in [0.05, 0.1) is 0 Å². The number of rotatable bonds is 0. The number of hydrogen-bond acceptors (Lipinski definition) is 0. The molecule has 0 spiro atoms. The van der Waals surface area contributed by atoms with E-state index >= 15 is 0 Å². The van der Waals surface area contributed by atoms with Crippen molar-refractivity contribution >= 4 is 0 Å². The van der Waals surface area contributed by atoms with E-state index in [-0.39, 0.29) is 44.4 Å². The summed E-state index contributed by atoms with van der Waals surface area (Å²) in [5, 5.41) is 0. The summed E-state index contributed by atoms with van der Waals surface area (Å²) in [5.41, 5.74) is 0. The predicted octanol–water partition coefficient (Wildman–Crippen LogP) is 2.87. The molecule has 0 fully saturated rings. The molecule has 4 nitrogen and oxygen atoms in total. The van der Waals surface area contributed by atoms with Crippen molar-refractivity contribution in [1.82, 2.24) is 0 Å². The van der Waals surface area contributed by atoms with Crippen LogP contribution in [0.4, 0.5) is 0 Å². The first kappa shape index (κ1) is 484. The predicted molar refractivity (Wildman–Crippen MR) is 21.1 cm³/mol. The van der Waals surface area contributed by atoms with Crippen LogP contribution in [0.1, 0.15) is 0 Å². The molecule has 0 aliphatic heterocycles. The van der Waals surface area contributed by atoms with E-state index in [1.165, 1.54) is 0 Å².